The molecule has 0 aliphatic heterocycles. The molecule has 106 valence electrons. The molecule has 0 saturated heterocycles. The maximum absolute atomic E-state index is 12.7. The summed E-state index contributed by atoms with van der Waals surface area (Å²) in [5, 5.41) is -0.123. The summed E-state index contributed by atoms with van der Waals surface area (Å²) in [7, 11) is -3.08. The van der Waals surface area contributed by atoms with E-state index < -0.39 is 10.0 Å². The van der Waals surface area contributed by atoms with Crippen LogP contribution >= 0.6 is 11.6 Å². The molecule has 2 rings (SSSR count). The van der Waals surface area contributed by atoms with Crippen molar-refractivity contribution in [1.82, 2.24) is 4.31 Å². The zero-order valence-electron chi connectivity index (χ0n) is 11.0. The van der Waals surface area contributed by atoms with Crippen LogP contribution in [0.1, 0.15) is 57.8 Å². The Morgan fingerprint density at radius 1 is 1.00 bits per heavy atom. The van der Waals surface area contributed by atoms with Crippen molar-refractivity contribution in [1.29, 1.82) is 0 Å². The molecule has 0 atom stereocenters. The van der Waals surface area contributed by atoms with E-state index in [1.807, 2.05) is 0 Å². The molecule has 3 nitrogen and oxygen atoms in total. The van der Waals surface area contributed by atoms with Crippen molar-refractivity contribution in [2.75, 3.05) is 12.4 Å². The zero-order valence-corrected chi connectivity index (χ0v) is 12.6. The van der Waals surface area contributed by atoms with Gasteiger partial charge in [0.05, 0.1) is 5.25 Å². The fraction of sp³-hybridized carbons (Fsp3) is 1.00. The lowest BCUT2D eigenvalue weighted by molar-refractivity contribution is 0.216. The number of alkyl halides is 1. The van der Waals surface area contributed by atoms with E-state index >= 15 is 0 Å². The SMILES string of the molecule is O=S(=O)(C1CCCCC1)N(CCCCl)C1CCC1. The van der Waals surface area contributed by atoms with Crippen LogP contribution in [-0.4, -0.2) is 36.4 Å². The van der Waals surface area contributed by atoms with E-state index in [0.29, 0.717) is 12.4 Å². The molecule has 2 saturated carbocycles. The molecule has 2 fully saturated rings. The first-order valence-corrected chi connectivity index (χ1v) is 9.26. The summed E-state index contributed by atoms with van der Waals surface area (Å²) in [6.07, 6.45) is 9.04. The molecule has 5 heteroatoms. The first-order valence-electron chi connectivity index (χ1n) is 7.23. The van der Waals surface area contributed by atoms with Gasteiger partial charge in [-0.15, -0.1) is 11.6 Å². The van der Waals surface area contributed by atoms with Crippen LogP contribution in [0.2, 0.25) is 0 Å². The molecule has 0 bridgehead atoms. The maximum Gasteiger partial charge on any atom is 0.217 e. The summed E-state index contributed by atoms with van der Waals surface area (Å²) in [6, 6.07) is 0.264. The number of sulfonamides is 1. The van der Waals surface area contributed by atoms with Gasteiger partial charge in [-0.1, -0.05) is 25.7 Å². The van der Waals surface area contributed by atoms with Crippen molar-refractivity contribution in [3.63, 3.8) is 0 Å². The summed E-state index contributed by atoms with van der Waals surface area (Å²) in [5.41, 5.74) is 0. The molecule has 0 spiro atoms. The van der Waals surface area contributed by atoms with Crippen molar-refractivity contribution < 1.29 is 8.42 Å². The van der Waals surface area contributed by atoms with Gasteiger partial charge < -0.3 is 0 Å². The molecule has 0 radical (unpaired) electrons. The smallest absolute Gasteiger partial charge is 0.212 e. The Morgan fingerprint density at radius 3 is 2.17 bits per heavy atom. The Hall–Kier alpha value is 0.200. The van der Waals surface area contributed by atoms with Crippen molar-refractivity contribution >= 4 is 21.6 Å². The second-order valence-corrected chi connectivity index (χ2v) is 8.09. The molecule has 0 amide bonds. The second-order valence-electron chi connectivity index (χ2n) is 5.54. The standard InChI is InChI=1S/C13H24ClNO2S/c14-10-5-11-15(12-6-4-7-12)18(16,17)13-8-2-1-3-9-13/h12-13H,1-11H2. The molecule has 0 unspecified atom stereocenters. The Balaban J connectivity index is 2.06. The average Bonchev–Trinajstić information content (AvgIpc) is 2.33. The first kappa shape index (κ1) is 14.6. The predicted octanol–water partition coefficient (Wildman–Crippen LogP) is 3.13. The summed E-state index contributed by atoms with van der Waals surface area (Å²) in [5.74, 6) is 0.545. The number of halogens is 1. The van der Waals surface area contributed by atoms with E-state index in [9.17, 15) is 8.42 Å². The van der Waals surface area contributed by atoms with Gasteiger partial charge in [-0.2, -0.15) is 4.31 Å². The van der Waals surface area contributed by atoms with Crippen LogP contribution in [0.4, 0.5) is 0 Å². The van der Waals surface area contributed by atoms with Crippen molar-refractivity contribution in [3.05, 3.63) is 0 Å². The highest BCUT2D eigenvalue weighted by Gasteiger charge is 2.38. The van der Waals surface area contributed by atoms with E-state index in [0.717, 1.165) is 44.9 Å². The van der Waals surface area contributed by atoms with E-state index in [-0.39, 0.29) is 11.3 Å². The fourth-order valence-electron chi connectivity index (χ4n) is 2.96. The average molecular weight is 294 g/mol. The minimum absolute atomic E-state index is 0.123. The third kappa shape index (κ3) is 3.20. The van der Waals surface area contributed by atoms with Crippen molar-refractivity contribution in [2.45, 2.75) is 69.1 Å². The van der Waals surface area contributed by atoms with Crippen LogP contribution in [0.5, 0.6) is 0 Å². The van der Waals surface area contributed by atoms with Crippen molar-refractivity contribution in [3.8, 4) is 0 Å². The topological polar surface area (TPSA) is 37.4 Å². The summed E-state index contributed by atoms with van der Waals surface area (Å²) in [4.78, 5) is 0. The van der Waals surface area contributed by atoms with E-state index in [1.165, 1.54) is 12.8 Å². The van der Waals surface area contributed by atoms with Crippen LogP contribution in [0, 0.1) is 0 Å². The van der Waals surface area contributed by atoms with E-state index in [1.54, 1.807) is 4.31 Å². The van der Waals surface area contributed by atoms with Gasteiger partial charge in [0.2, 0.25) is 10.0 Å². The van der Waals surface area contributed by atoms with Crippen LogP contribution in [0.15, 0.2) is 0 Å². The third-order valence-electron chi connectivity index (χ3n) is 4.29. The van der Waals surface area contributed by atoms with Crippen LogP contribution in [-0.2, 0) is 10.0 Å². The van der Waals surface area contributed by atoms with E-state index in [4.69, 9.17) is 11.6 Å². The lowest BCUT2D eigenvalue weighted by Crippen LogP contribution is -2.48. The molecule has 0 aromatic heterocycles. The zero-order chi connectivity index (χ0) is 13.0. The molecule has 0 aromatic rings. The van der Waals surface area contributed by atoms with Gasteiger partial charge in [0.1, 0.15) is 0 Å². The minimum Gasteiger partial charge on any atom is -0.212 e. The largest absolute Gasteiger partial charge is 0.217 e. The Bertz CT molecular complexity index is 348. The maximum atomic E-state index is 12.7. The Morgan fingerprint density at radius 2 is 1.67 bits per heavy atom. The molecular weight excluding hydrogens is 270 g/mol. The van der Waals surface area contributed by atoms with Gasteiger partial charge in [0.15, 0.2) is 0 Å². The molecule has 0 aromatic carbocycles. The molecule has 18 heavy (non-hydrogen) atoms. The van der Waals surface area contributed by atoms with Gasteiger partial charge in [-0.05, 0) is 32.1 Å². The Labute approximate surface area is 116 Å². The van der Waals surface area contributed by atoms with Crippen LogP contribution < -0.4 is 0 Å². The molecule has 0 heterocycles. The number of hydrogen-bond acceptors (Lipinski definition) is 2. The van der Waals surface area contributed by atoms with Gasteiger partial charge in [-0.3, -0.25) is 0 Å². The summed E-state index contributed by atoms with van der Waals surface area (Å²) in [6.45, 7) is 0.618. The quantitative estimate of drug-likeness (QED) is 0.706. The van der Waals surface area contributed by atoms with Gasteiger partial charge in [0.25, 0.3) is 0 Å². The molecular formula is C13H24ClNO2S. The lowest BCUT2D eigenvalue weighted by Gasteiger charge is -2.39. The molecule has 0 N–H and O–H groups in total. The predicted molar refractivity (Wildman–Crippen MR) is 75.5 cm³/mol. The summed E-state index contributed by atoms with van der Waals surface area (Å²) >= 11 is 5.73. The van der Waals surface area contributed by atoms with Gasteiger partial charge >= 0.3 is 0 Å². The monoisotopic (exact) mass is 293 g/mol. The van der Waals surface area contributed by atoms with Crippen molar-refractivity contribution in [2.24, 2.45) is 0 Å². The number of nitrogens with zero attached hydrogens (tertiary/aromatic N) is 1. The van der Waals surface area contributed by atoms with Gasteiger partial charge in [0, 0.05) is 18.5 Å². The Kier molecular flexibility index (Phi) is 5.34. The third-order valence-corrected chi connectivity index (χ3v) is 7.01. The minimum atomic E-state index is -3.08. The highest BCUT2D eigenvalue weighted by Crippen LogP contribution is 2.32. The van der Waals surface area contributed by atoms with Crippen LogP contribution in [0.3, 0.4) is 0 Å². The first-order chi connectivity index (χ1) is 8.66. The number of hydrogen-bond donors (Lipinski definition) is 0. The molecule has 2 aliphatic carbocycles. The lowest BCUT2D eigenvalue weighted by atomic mass is 9.93. The molecule has 2 aliphatic rings. The number of rotatable bonds is 6. The highest BCUT2D eigenvalue weighted by atomic mass is 35.5. The van der Waals surface area contributed by atoms with Crippen LogP contribution in [0.25, 0.3) is 0 Å². The fourth-order valence-corrected chi connectivity index (χ4v) is 5.40. The van der Waals surface area contributed by atoms with E-state index in [2.05, 4.69) is 0 Å². The van der Waals surface area contributed by atoms with Gasteiger partial charge in [-0.25, -0.2) is 8.42 Å². The second kappa shape index (κ2) is 6.58. The summed E-state index contributed by atoms with van der Waals surface area (Å²) < 4.78 is 27.2. The normalized spacial score (nSPS) is 23.2. The highest BCUT2D eigenvalue weighted by molar-refractivity contribution is 7.89.